The number of carbonyl (C=O) groups excluding carboxylic acids is 3. The Morgan fingerprint density at radius 3 is 0.841 bits per heavy atom. The van der Waals surface area contributed by atoms with E-state index in [4.69, 9.17) is 15.0 Å². The number of hydrogen-bond acceptors (Lipinski definition) is 12. The summed E-state index contributed by atoms with van der Waals surface area (Å²) in [4.78, 5) is 67.1. The number of benzene rings is 6. The van der Waals surface area contributed by atoms with Crippen LogP contribution in [0.15, 0.2) is 182 Å². The maximum absolute atomic E-state index is 12.6. The third-order valence-corrected chi connectivity index (χ3v) is 14.0. The van der Waals surface area contributed by atoms with Crippen molar-refractivity contribution in [1.82, 2.24) is 29.9 Å². The molecule has 0 aliphatic carbocycles. The zero-order valence-electron chi connectivity index (χ0n) is 52.9. The van der Waals surface area contributed by atoms with E-state index in [1.54, 1.807) is 18.6 Å². The molecule has 0 radical (unpaired) electrons. The summed E-state index contributed by atoms with van der Waals surface area (Å²) in [5, 5.41) is 22.5. The normalized spacial score (nSPS) is 13.1. The number of hydrogen-bond donors (Lipinski definition) is 3. The second-order valence-corrected chi connectivity index (χ2v) is 21.0. The Labute approximate surface area is 679 Å². The number of fused-ring (bicyclic) bond motifs is 9. The van der Waals surface area contributed by atoms with E-state index < -0.39 is 16.2 Å². The first-order chi connectivity index (χ1) is 41.0. The summed E-state index contributed by atoms with van der Waals surface area (Å²) in [6.45, 7) is 19.2. The molecule has 3 aliphatic heterocycles. The first-order valence-corrected chi connectivity index (χ1v) is 30.0. The molecular weight excluding hydrogens is 1430 g/mol. The molecule has 0 saturated heterocycles. The molecule has 434 valence electrons. The van der Waals surface area contributed by atoms with Crippen molar-refractivity contribution in [3.63, 3.8) is 0 Å². The van der Waals surface area contributed by atoms with Crippen LogP contribution in [-0.4, -0.2) is 52.6 Å². The number of unbranched alkanes of at least 4 members (excludes halogenated alkanes) is 1. The Morgan fingerprint density at radius 2 is 0.614 bits per heavy atom. The molecule has 6 heterocycles. The number of nitrogens with zero attached hydrogens (tertiary/aromatic N) is 9. The molecule has 9 aromatic rings. The molecule has 0 spiro atoms. The first kappa shape index (κ1) is 76.5. The summed E-state index contributed by atoms with van der Waals surface area (Å²) in [5.74, 6) is 6.27. The van der Waals surface area contributed by atoms with E-state index in [2.05, 4.69) is 95.1 Å². The zero-order chi connectivity index (χ0) is 61.2. The minimum absolute atomic E-state index is 0. The predicted molar refractivity (Wildman–Crippen MR) is 354 cm³/mol. The SMILES string of the molecule is CC#CC.CC1(C)C(=O)[N-]c2ccccc2-c2nc(Nc3ccccc3)ncc21.CC1(C)C(=O)[N-]c2ccccc2-c2nc(Nc3ccccc3)ncc21.CC1(C)C(=O)[N-]c2ccccc2-c2nc(Nc3ccccc3)ncc21.CCCC.CI.[Rb+].[Rb+].[Rb+]. The largest absolute Gasteiger partial charge is 1.00 e. The van der Waals surface area contributed by atoms with Crippen molar-refractivity contribution in [2.75, 3.05) is 20.9 Å². The van der Waals surface area contributed by atoms with Gasteiger partial charge < -0.3 is 46.3 Å². The topological polar surface area (TPSA) is 207 Å². The van der Waals surface area contributed by atoms with Crippen molar-refractivity contribution >= 4 is 92.3 Å². The molecule has 0 atom stereocenters. The molecule has 88 heavy (non-hydrogen) atoms. The fraction of sp³-hybridized carbons (Fsp3) is 0.232. The van der Waals surface area contributed by atoms with E-state index in [1.807, 2.05) is 224 Å². The van der Waals surface area contributed by atoms with E-state index >= 15 is 0 Å². The number of alkyl halides is 1. The molecule has 12 rings (SSSR count). The fourth-order valence-electron chi connectivity index (χ4n) is 8.67. The number of para-hydroxylation sites is 6. The van der Waals surface area contributed by atoms with Crippen molar-refractivity contribution < 1.29 is 189 Å². The smallest absolute Gasteiger partial charge is 0.626 e. The third kappa shape index (κ3) is 19.6. The number of aromatic nitrogens is 6. The van der Waals surface area contributed by atoms with Gasteiger partial charge in [0.2, 0.25) is 17.8 Å². The van der Waals surface area contributed by atoms with Crippen molar-refractivity contribution in [3.05, 3.63) is 215 Å². The van der Waals surface area contributed by atoms with Crippen molar-refractivity contribution in [2.45, 2.75) is 98.3 Å². The van der Waals surface area contributed by atoms with Gasteiger partial charge in [-0.05, 0) is 71.9 Å². The minimum atomic E-state index is -0.778. The van der Waals surface area contributed by atoms with Crippen LogP contribution >= 0.6 is 22.6 Å². The number of rotatable bonds is 7. The van der Waals surface area contributed by atoms with Crippen LogP contribution in [0.5, 0.6) is 0 Å². The Balaban J connectivity index is 0.000000258. The van der Waals surface area contributed by atoms with Gasteiger partial charge in [0.05, 0.1) is 34.8 Å². The summed E-state index contributed by atoms with van der Waals surface area (Å²) in [5.41, 5.74) is 9.41. The van der Waals surface area contributed by atoms with Crippen molar-refractivity contribution in [2.24, 2.45) is 0 Å². The summed E-state index contributed by atoms with van der Waals surface area (Å²) in [7, 11) is 0. The van der Waals surface area contributed by atoms with Gasteiger partial charge in [0, 0.05) is 68.6 Å². The Bertz CT molecular complexity index is 3440. The van der Waals surface area contributed by atoms with Gasteiger partial charge in [-0.15, -0.1) is 28.9 Å². The van der Waals surface area contributed by atoms with E-state index in [-0.39, 0.29) is 192 Å². The van der Waals surface area contributed by atoms with Crippen LogP contribution in [0.3, 0.4) is 0 Å². The molecule has 19 heteroatoms. The van der Waals surface area contributed by atoms with Gasteiger partial charge >= 0.3 is 175 Å². The van der Waals surface area contributed by atoms with E-state index in [9.17, 15) is 14.4 Å². The number of amides is 3. The van der Waals surface area contributed by atoms with E-state index in [1.165, 1.54) is 12.8 Å². The molecule has 3 aromatic heterocycles. The molecule has 0 bridgehead atoms. The third-order valence-electron chi connectivity index (χ3n) is 14.0. The number of nitrogens with one attached hydrogen (secondary N) is 3. The van der Waals surface area contributed by atoms with Gasteiger partial charge in [0.25, 0.3) is 0 Å². The van der Waals surface area contributed by atoms with E-state index in [0.29, 0.717) is 34.9 Å². The molecule has 15 nitrogen and oxygen atoms in total. The quantitative estimate of drug-likeness (QED) is 0.0777. The monoisotopic (exact) mass is 1500 g/mol. The van der Waals surface area contributed by atoms with Crippen LogP contribution in [0.4, 0.5) is 52.0 Å². The van der Waals surface area contributed by atoms with Crippen LogP contribution in [0.25, 0.3) is 49.7 Å². The molecule has 3 N–H and O–H groups in total. The average molecular weight is 1500 g/mol. The maximum atomic E-state index is 12.6. The van der Waals surface area contributed by atoms with Gasteiger partial charge in [0.1, 0.15) is 0 Å². The molecule has 3 amide bonds. The second kappa shape index (κ2) is 36.9. The van der Waals surface area contributed by atoms with Crippen molar-refractivity contribution in [3.8, 4) is 45.6 Å². The maximum Gasteiger partial charge on any atom is 1.00 e. The summed E-state index contributed by atoms with van der Waals surface area (Å²) in [6.07, 6.45) is 7.81. The molecular formula is C69H70IN12O3Rb3. The van der Waals surface area contributed by atoms with Crippen LogP contribution in [0.1, 0.15) is 98.8 Å². The van der Waals surface area contributed by atoms with Gasteiger partial charge in [0.15, 0.2) is 0 Å². The Kier molecular flexibility index (Phi) is 32.1. The summed E-state index contributed by atoms with van der Waals surface area (Å²) >= 11 is 2.15. The molecule has 0 fully saturated rings. The predicted octanol–water partition coefficient (Wildman–Crippen LogP) is 9.03. The second-order valence-electron chi connectivity index (χ2n) is 21.0. The molecule has 0 saturated carbocycles. The van der Waals surface area contributed by atoms with Crippen LogP contribution in [0, 0.1) is 11.8 Å². The Hall–Kier alpha value is -3.92. The first-order valence-electron chi connectivity index (χ1n) is 27.9. The molecule has 6 aromatic carbocycles. The van der Waals surface area contributed by atoms with Gasteiger partial charge in [-0.2, -0.15) is 0 Å². The van der Waals surface area contributed by atoms with Crippen LogP contribution in [-0.2, 0) is 30.6 Å². The standard InChI is InChI=1S/3C20H18N4O.C4H10.C4H6.CH3I.3Rb/c3*1-20(2)15-12-21-19(22-13-8-4-3-5-9-13)24-17(15)14-10-6-7-11-16(14)23-18(20)25;2*1-3-4-2;1-2;;;/h3*3-12H,1-2H3,(H2,21,22,23,24,25);3-4H2,1-2H3;1-2H3;1H3;;;/q;;;;;;3*+1/p-3. The van der Waals surface area contributed by atoms with Crippen LogP contribution in [0.2, 0.25) is 0 Å². The Morgan fingerprint density at radius 1 is 0.386 bits per heavy atom. The summed E-state index contributed by atoms with van der Waals surface area (Å²) < 4.78 is 0. The minimum Gasteiger partial charge on any atom is -0.626 e. The van der Waals surface area contributed by atoms with Gasteiger partial charge in [-0.25, -0.2) is 29.9 Å². The number of halogens is 1. The zero-order valence-corrected chi connectivity index (χ0v) is 69.8. The average Bonchev–Trinajstić information content (AvgIpc) is 1.71. The van der Waals surface area contributed by atoms with Gasteiger partial charge in [-0.3, -0.25) is 0 Å². The van der Waals surface area contributed by atoms with Crippen LogP contribution < -0.4 is 191 Å². The summed E-state index contributed by atoms with van der Waals surface area (Å²) in [6, 6.07) is 52.0. The molecule has 0 unspecified atom stereocenters. The van der Waals surface area contributed by atoms with E-state index in [0.717, 1.165) is 67.5 Å². The number of carbonyl (C=O) groups is 3. The van der Waals surface area contributed by atoms with Gasteiger partial charge in [-0.1, -0.05) is 218 Å². The fourth-order valence-corrected chi connectivity index (χ4v) is 8.67. The number of anilines is 6. The molecule has 3 aliphatic rings. The van der Waals surface area contributed by atoms with Crippen molar-refractivity contribution in [1.29, 1.82) is 0 Å².